The minimum absolute atomic E-state index is 0.658. The zero-order chi connectivity index (χ0) is 10.3. The zero-order valence-corrected chi connectivity index (χ0v) is 8.61. The highest BCUT2D eigenvalue weighted by Crippen LogP contribution is 2.27. The number of aromatic nitrogens is 3. The number of thiazole rings is 1. The molecule has 0 aromatic carbocycles. The molecule has 3 aromatic rings. The van der Waals surface area contributed by atoms with E-state index in [1.165, 1.54) is 0 Å². The lowest BCUT2D eigenvalue weighted by atomic mass is 10.2. The topological polar surface area (TPSA) is 56.2 Å². The van der Waals surface area contributed by atoms with Crippen LogP contribution in [0.15, 0.2) is 36.1 Å². The predicted octanol–water partition coefficient (Wildman–Crippen LogP) is 2.04. The van der Waals surface area contributed by atoms with Crippen LogP contribution < -0.4 is 5.73 Å². The lowest BCUT2D eigenvalue weighted by molar-refractivity contribution is 1.23. The normalized spacial score (nSPS) is 10.9. The van der Waals surface area contributed by atoms with Crippen LogP contribution in [0, 0.1) is 0 Å². The molecule has 3 heterocycles. The van der Waals surface area contributed by atoms with Gasteiger partial charge in [0.2, 0.25) is 0 Å². The number of nitrogens with zero attached hydrogens (tertiary/aromatic N) is 3. The summed E-state index contributed by atoms with van der Waals surface area (Å²) in [6.45, 7) is 0. The van der Waals surface area contributed by atoms with Gasteiger partial charge in [-0.05, 0) is 12.1 Å². The van der Waals surface area contributed by atoms with Crippen LogP contribution >= 0.6 is 11.3 Å². The Morgan fingerprint density at radius 1 is 1.33 bits per heavy atom. The smallest absolute Gasteiger partial charge is 0.195 e. The Kier molecular flexibility index (Phi) is 1.72. The number of hydrogen-bond donors (Lipinski definition) is 1. The molecule has 0 radical (unpaired) electrons. The fourth-order valence-electron chi connectivity index (χ4n) is 1.55. The molecule has 3 aromatic heterocycles. The van der Waals surface area contributed by atoms with Gasteiger partial charge in [0, 0.05) is 23.3 Å². The van der Waals surface area contributed by atoms with E-state index in [1.54, 1.807) is 23.7 Å². The summed E-state index contributed by atoms with van der Waals surface area (Å²) in [6.07, 6.45) is 5.25. The molecular weight excluding hydrogens is 208 g/mol. The molecule has 0 saturated carbocycles. The van der Waals surface area contributed by atoms with Crippen molar-refractivity contribution in [3.05, 3.63) is 36.1 Å². The highest BCUT2D eigenvalue weighted by molar-refractivity contribution is 7.15. The molecule has 0 aliphatic rings. The van der Waals surface area contributed by atoms with Crippen LogP contribution in [0.2, 0.25) is 0 Å². The second-order valence-electron chi connectivity index (χ2n) is 3.16. The highest BCUT2D eigenvalue weighted by Gasteiger charge is 2.09. The van der Waals surface area contributed by atoms with E-state index in [-0.39, 0.29) is 0 Å². The van der Waals surface area contributed by atoms with Crippen molar-refractivity contribution in [3.8, 4) is 11.3 Å². The number of anilines is 1. The summed E-state index contributed by atoms with van der Waals surface area (Å²) < 4.78 is 1.93. The summed E-state index contributed by atoms with van der Waals surface area (Å²) in [5.41, 5.74) is 7.93. The molecule has 0 fully saturated rings. The number of nitrogen functional groups attached to an aromatic ring is 1. The van der Waals surface area contributed by atoms with E-state index in [4.69, 9.17) is 5.73 Å². The first kappa shape index (κ1) is 8.43. The van der Waals surface area contributed by atoms with E-state index in [2.05, 4.69) is 9.97 Å². The van der Waals surface area contributed by atoms with Gasteiger partial charge in [-0.1, -0.05) is 0 Å². The number of rotatable bonds is 1. The van der Waals surface area contributed by atoms with E-state index in [9.17, 15) is 0 Å². The summed E-state index contributed by atoms with van der Waals surface area (Å²) in [7, 11) is 0. The maximum Gasteiger partial charge on any atom is 0.195 e. The van der Waals surface area contributed by atoms with Gasteiger partial charge in [-0.2, -0.15) is 0 Å². The number of fused-ring (bicyclic) bond motifs is 1. The first-order chi connectivity index (χ1) is 7.36. The third-order valence-electron chi connectivity index (χ3n) is 2.23. The quantitative estimate of drug-likeness (QED) is 0.677. The number of nitrogens with two attached hydrogens (primary N) is 1. The van der Waals surface area contributed by atoms with Gasteiger partial charge in [0.05, 0.1) is 11.9 Å². The van der Waals surface area contributed by atoms with E-state index in [0.717, 1.165) is 16.2 Å². The average molecular weight is 216 g/mol. The zero-order valence-electron chi connectivity index (χ0n) is 7.79. The summed E-state index contributed by atoms with van der Waals surface area (Å²) in [4.78, 5) is 9.20. The Hall–Kier alpha value is -1.88. The molecule has 5 heteroatoms. The molecule has 15 heavy (non-hydrogen) atoms. The van der Waals surface area contributed by atoms with Crippen molar-refractivity contribution in [1.29, 1.82) is 0 Å². The van der Waals surface area contributed by atoms with Gasteiger partial charge in [0.25, 0.3) is 0 Å². The van der Waals surface area contributed by atoms with Gasteiger partial charge < -0.3 is 5.73 Å². The molecule has 0 atom stereocenters. The maximum atomic E-state index is 5.85. The third kappa shape index (κ3) is 1.20. The van der Waals surface area contributed by atoms with Crippen molar-refractivity contribution < 1.29 is 0 Å². The molecular formula is C10H8N4S. The highest BCUT2D eigenvalue weighted by atomic mass is 32.1. The van der Waals surface area contributed by atoms with Gasteiger partial charge in [0.1, 0.15) is 5.82 Å². The monoisotopic (exact) mass is 216 g/mol. The minimum atomic E-state index is 0.658. The lowest BCUT2D eigenvalue weighted by Gasteiger charge is -1.99. The van der Waals surface area contributed by atoms with Crippen LogP contribution in [0.4, 0.5) is 5.82 Å². The molecule has 0 spiro atoms. The fraction of sp³-hybridized carbons (Fsp3) is 0. The van der Waals surface area contributed by atoms with Crippen LogP contribution in [-0.2, 0) is 0 Å². The Morgan fingerprint density at radius 3 is 3.07 bits per heavy atom. The number of hydrogen-bond acceptors (Lipinski definition) is 4. The molecule has 4 nitrogen and oxygen atoms in total. The van der Waals surface area contributed by atoms with Gasteiger partial charge in [-0.25, -0.2) is 4.98 Å². The molecule has 0 saturated heterocycles. The summed E-state index contributed by atoms with van der Waals surface area (Å²) in [5, 5.41) is 2.04. The molecule has 0 unspecified atom stereocenters. The van der Waals surface area contributed by atoms with Crippen molar-refractivity contribution in [2.24, 2.45) is 0 Å². The van der Waals surface area contributed by atoms with Crippen LogP contribution in [-0.4, -0.2) is 14.4 Å². The molecule has 0 aliphatic carbocycles. The maximum absolute atomic E-state index is 5.85. The first-order valence-electron chi connectivity index (χ1n) is 4.47. The second kappa shape index (κ2) is 3.06. The van der Waals surface area contributed by atoms with Crippen molar-refractivity contribution in [1.82, 2.24) is 14.4 Å². The largest absolute Gasteiger partial charge is 0.383 e. The molecule has 74 valence electrons. The van der Waals surface area contributed by atoms with Gasteiger partial charge >= 0.3 is 0 Å². The van der Waals surface area contributed by atoms with Gasteiger partial charge in [-0.15, -0.1) is 11.3 Å². The van der Waals surface area contributed by atoms with Gasteiger partial charge in [-0.3, -0.25) is 9.38 Å². The van der Waals surface area contributed by atoms with E-state index >= 15 is 0 Å². The van der Waals surface area contributed by atoms with E-state index in [1.807, 2.05) is 28.1 Å². The van der Waals surface area contributed by atoms with E-state index < -0.39 is 0 Å². The first-order valence-corrected chi connectivity index (χ1v) is 5.35. The average Bonchev–Trinajstić information content (AvgIpc) is 2.84. The number of imidazole rings is 1. The van der Waals surface area contributed by atoms with E-state index in [0.29, 0.717) is 5.82 Å². The number of pyridine rings is 1. The van der Waals surface area contributed by atoms with Crippen molar-refractivity contribution in [2.75, 3.05) is 5.73 Å². The summed E-state index contributed by atoms with van der Waals surface area (Å²) in [5.74, 6) is 0.658. The Morgan fingerprint density at radius 2 is 2.27 bits per heavy atom. The van der Waals surface area contributed by atoms with Crippen LogP contribution in [0.5, 0.6) is 0 Å². The summed E-state index contributed by atoms with van der Waals surface area (Å²) >= 11 is 1.57. The second-order valence-corrected chi connectivity index (χ2v) is 4.00. The van der Waals surface area contributed by atoms with Crippen molar-refractivity contribution in [2.45, 2.75) is 0 Å². The predicted molar refractivity (Wildman–Crippen MR) is 60.7 cm³/mol. The molecule has 2 N–H and O–H groups in total. The molecule has 0 bridgehead atoms. The minimum Gasteiger partial charge on any atom is -0.383 e. The summed E-state index contributed by atoms with van der Waals surface area (Å²) in [6, 6.07) is 3.92. The fourth-order valence-corrected chi connectivity index (χ4v) is 2.43. The molecule has 0 amide bonds. The van der Waals surface area contributed by atoms with Crippen LogP contribution in [0.25, 0.3) is 16.2 Å². The van der Waals surface area contributed by atoms with Crippen molar-refractivity contribution >= 4 is 22.1 Å². The standard InChI is InChI=1S/C10H8N4S/c11-9-5-13-10-14(9)8(6-15-10)7-2-1-3-12-4-7/h1-6H,11H2. The van der Waals surface area contributed by atoms with Crippen molar-refractivity contribution in [3.63, 3.8) is 0 Å². The Balaban J connectivity index is 2.31. The third-order valence-corrected chi connectivity index (χ3v) is 3.07. The lowest BCUT2D eigenvalue weighted by Crippen LogP contribution is -1.92. The van der Waals surface area contributed by atoms with Gasteiger partial charge in [0.15, 0.2) is 4.96 Å². The Labute approximate surface area is 90.0 Å². The molecule has 3 rings (SSSR count). The Bertz CT molecular complexity index is 596. The van der Waals surface area contributed by atoms with Crippen LogP contribution in [0.1, 0.15) is 0 Å². The van der Waals surface area contributed by atoms with Crippen LogP contribution in [0.3, 0.4) is 0 Å². The SMILES string of the molecule is Nc1cnc2scc(-c3cccnc3)n12. The molecule has 0 aliphatic heterocycles.